The van der Waals surface area contributed by atoms with Crippen molar-refractivity contribution in [2.75, 3.05) is 0 Å². The molecular weight excluding hydrogens is 332 g/mol. The maximum absolute atomic E-state index is 12.9. The average molecular weight is 354 g/mol. The van der Waals surface area contributed by atoms with E-state index in [1.807, 2.05) is 18.0 Å². The van der Waals surface area contributed by atoms with Crippen LogP contribution in [0, 0.1) is 0 Å². The Bertz CT molecular complexity index is 880. The van der Waals surface area contributed by atoms with Crippen LogP contribution in [0.4, 0.5) is 0 Å². The van der Waals surface area contributed by atoms with Gasteiger partial charge in [-0.2, -0.15) is 10.2 Å². The minimum atomic E-state index is -0.264. The number of nitrogens with one attached hydrogen (secondary N) is 2. The monoisotopic (exact) mass is 354 g/mol. The number of carbonyl (C=O) groups excluding carboxylic acids is 2. The van der Waals surface area contributed by atoms with Crippen molar-refractivity contribution in [3.05, 3.63) is 34.9 Å². The number of nitrogens with zero attached hydrogens (tertiary/aromatic N) is 4. The van der Waals surface area contributed by atoms with Crippen molar-refractivity contribution >= 4 is 11.8 Å². The first-order valence-electron chi connectivity index (χ1n) is 9.29. The van der Waals surface area contributed by atoms with E-state index < -0.39 is 0 Å². The van der Waals surface area contributed by atoms with Gasteiger partial charge in [-0.25, -0.2) is 0 Å². The number of aryl methyl sites for hydroxylation is 2. The van der Waals surface area contributed by atoms with E-state index in [1.165, 1.54) is 0 Å². The van der Waals surface area contributed by atoms with Gasteiger partial charge < -0.3 is 10.2 Å². The molecule has 0 aromatic carbocycles. The minimum absolute atomic E-state index is 0.108. The maximum Gasteiger partial charge on any atom is 0.272 e. The normalized spacial score (nSPS) is 25.0. The Morgan fingerprint density at radius 1 is 1.35 bits per heavy atom. The highest BCUT2D eigenvalue weighted by Gasteiger charge is 2.49. The molecule has 2 aliphatic carbocycles. The van der Waals surface area contributed by atoms with E-state index in [1.54, 1.807) is 10.9 Å². The third-order valence-corrected chi connectivity index (χ3v) is 5.80. The summed E-state index contributed by atoms with van der Waals surface area (Å²) in [6, 6.07) is 1.79. The fraction of sp³-hybridized carbons (Fsp3) is 0.556. The summed E-state index contributed by atoms with van der Waals surface area (Å²) in [7, 11) is 1.88. The van der Waals surface area contributed by atoms with Crippen molar-refractivity contribution in [3.8, 4) is 0 Å². The largest absolute Gasteiger partial charge is 0.345 e. The molecule has 3 heterocycles. The van der Waals surface area contributed by atoms with Crippen molar-refractivity contribution in [2.24, 2.45) is 7.05 Å². The number of aromatic amines is 1. The van der Waals surface area contributed by atoms with Crippen molar-refractivity contribution in [1.82, 2.24) is 30.2 Å². The number of H-pyrrole nitrogens is 1. The first-order valence-corrected chi connectivity index (χ1v) is 9.29. The summed E-state index contributed by atoms with van der Waals surface area (Å²) in [6.45, 7) is 0. The van der Waals surface area contributed by atoms with Crippen LogP contribution in [0.2, 0.25) is 0 Å². The summed E-state index contributed by atoms with van der Waals surface area (Å²) in [5.41, 5.74) is 3.54. The van der Waals surface area contributed by atoms with Crippen LogP contribution in [0.1, 0.15) is 59.2 Å². The van der Waals surface area contributed by atoms with E-state index in [-0.39, 0.29) is 23.9 Å². The smallest absolute Gasteiger partial charge is 0.272 e. The van der Waals surface area contributed by atoms with Crippen LogP contribution in [-0.2, 0) is 24.7 Å². The Morgan fingerprint density at radius 3 is 2.92 bits per heavy atom. The van der Waals surface area contributed by atoms with Crippen LogP contribution in [0.15, 0.2) is 12.3 Å². The van der Waals surface area contributed by atoms with Crippen molar-refractivity contribution in [3.63, 3.8) is 0 Å². The zero-order valence-corrected chi connectivity index (χ0v) is 14.7. The molecular formula is C18H22N6O2. The molecule has 1 aliphatic heterocycles. The Labute approximate surface area is 150 Å². The zero-order valence-electron chi connectivity index (χ0n) is 14.7. The van der Waals surface area contributed by atoms with Gasteiger partial charge in [-0.05, 0) is 38.2 Å². The predicted octanol–water partition coefficient (Wildman–Crippen LogP) is 0.866. The fourth-order valence-electron chi connectivity index (χ4n) is 4.43. The molecule has 2 aromatic rings. The molecule has 8 nitrogen and oxygen atoms in total. The first kappa shape index (κ1) is 15.6. The molecule has 1 saturated carbocycles. The van der Waals surface area contributed by atoms with Gasteiger partial charge in [-0.3, -0.25) is 19.4 Å². The number of rotatable bonds is 4. The lowest BCUT2D eigenvalue weighted by Crippen LogP contribution is -2.41. The summed E-state index contributed by atoms with van der Waals surface area (Å²) in [5, 5.41) is 14.6. The van der Waals surface area contributed by atoms with Gasteiger partial charge in [0, 0.05) is 37.0 Å². The van der Waals surface area contributed by atoms with E-state index in [0.717, 1.165) is 49.1 Å². The molecule has 26 heavy (non-hydrogen) atoms. The van der Waals surface area contributed by atoms with Crippen LogP contribution < -0.4 is 5.32 Å². The third-order valence-electron chi connectivity index (χ3n) is 5.80. The Morgan fingerprint density at radius 2 is 2.19 bits per heavy atom. The van der Waals surface area contributed by atoms with Crippen LogP contribution in [0.5, 0.6) is 0 Å². The second-order valence-corrected chi connectivity index (χ2v) is 7.52. The number of likely N-dealkylation sites (tertiary alicyclic amines) is 1. The average Bonchev–Trinajstić information content (AvgIpc) is 2.95. The highest BCUT2D eigenvalue weighted by Crippen LogP contribution is 2.41. The molecule has 0 radical (unpaired) electrons. The minimum Gasteiger partial charge on any atom is -0.345 e. The third kappa shape index (κ3) is 2.35. The number of carbonyl (C=O) groups is 2. The van der Waals surface area contributed by atoms with E-state index in [2.05, 4.69) is 20.6 Å². The summed E-state index contributed by atoms with van der Waals surface area (Å²) < 4.78 is 1.80. The molecule has 3 aliphatic rings. The quantitative estimate of drug-likeness (QED) is 0.851. The topological polar surface area (TPSA) is 95.9 Å². The molecule has 2 atom stereocenters. The maximum atomic E-state index is 12.9. The Hall–Kier alpha value is -2.64. The summed E-state index contributed by atoms with van der Waals surface area (Å²) in [5.74, 6) is -0.0803. The molecule has 5 rings (SSSR count). The molecule has 0 bridgehead atoms. The number of hydrogen-bond donors (Lipinski definition) is 2. The van der Waals surface area contributed by atoms with E-state index in [9.17, 15) is 9.59 Å². The number of aromatic nitrogens is 4. The molecule has 1 saturated heterocycles. The zero-order chi connectivity index (χ0) is 17.8. The van der Waals surface area contributed by atoms with Gasteiger partial charge in [-0.15, -0.1) is 0 Å². The van der Waals surface area contributed by atoms with Crippen molar-refractivity contribution in [2.45, 2.75) is 56.7 Å². The van der Waals surface area contributed by atoms with Crippen molar-refractivity contribution < 1.29 is 9.59 Å². The molecule has 2 aromatic heterocycles. The van der Waals surface area contributed by atoms with Gasteiger partial charge in [0.05, 0.1) is 17.8 Å². The van der Waals surface area contributed by atoms with Gasteiger partial charge in [0.1, 0.15) is 0 Å². The lowest BCUT2D eigenvalue weighted by Gasteiger charge is -2.28. The summed E-state index contributed by atoms with van der Waals surface area (Å²) in [6.07, 6.45) is 7.02. The number of amides is 2. The molecule has 2 fully saturated rings. The molecule has 8 heteroatoms. The van der Waals surface area contributed by atoms with Gasteiger partial charge in [0.2, 0.25) is 5.91 Å². The first-order chi connectivity index (χ1) is 12.6. The van der Waals surface area contributed by atoms with E-state index >= 15 is 0 Å². The summed E-state index contributed by atoms with van der Waals surface area (Å²) >= 11 is 0. The Balaban J connectivity index is 1.44. The number of fused-ring (bicyclic) bond motifs is 1. The highest BCUT2D eigenvalue weighted by atomic mass is 16.2. The SMILES string of the molecule is Cn1nccc1[C@H]1[C@H](NC(=O)c2n[nH]c3c2CCC3)CC(=O)N1C1CC1. The van der Waals surface area contributed by atoms with E-state index in [4.69, 9.17) is 0 Å². The standard InChI is InChI=1S/C18H22N6O2/c1-23-14(7-8-19-23)17-13(9-15(25)24(17)10-5-6-10)20-18(26)16-11-3-2-4-12(11)21-22-16/h7-8,10,13,17H,2-6,9H2,1H3,(H,20,26)(H,21,22)/t13-,17-/m1/s1. The second-order valence-electron chi connectivity index (χ2n) is 7.52. The molecule has 2 amide bonds. The molecule has 136 valence electrons. The van der Waals surface area contributed by atoms with Crippen LogP contribution in [0.25, 0.3) is 0 Å². The van der Waals surface area contributed by atoms with Crippen molar-refractivity contribution in [1.29, 1.82) is 0 Å². The number of hydrogen-bond acceptors (Lipinski definition) is 4. The molecule has 2 N–H and O–H groups in total. The van der Waals surface area contributed by atoms with Gasteiger partial charge in [-0.1, -0.05) is 0 Å². The van der Waals surface area contributed by atoms with Gasteiger partial charge >= 0.3 is 0 Å². The van der Waals surface area contributed by atoms with Crippen LogP contribution in [0.3, 0.4) is 0 Å². The predicted molar refractivity (Wildman–Crippen MR) is 92.3 cm³/mol. The van der Waals surface area contributed by atoms with Gasteiger partial charge in [0.15, 0.2) is 5.69 Å². The van der Waals surface area contributed by atoms with Gasteiger partial charge in [0.25, 0.3) is 5.91 Å². The summed E-state index contributed by atoms with van der Waals surface area (Å²) in [4.78, 5) is 27.5. The lowest BCUT2D eigenvalue weighted by atomic mass is 10.0. The molecule has 0 unspecified atom stereocenters. The lowest BCUT2D eigenvalue weighted by molar-refractivity contribution is -0.129. The van der Waals surface area contributed by atoms with Crippen LogP contribution >= 0.6 is 0 Å². The Kier molecular flexibility index (Phi) is 3.41. The second kappa shape index (κ2) is 5.69. The fourth-order valence-corrected chi connectivity index (χ4v) is 4.43. The highest BCUT2D eigenvalue weighted by molar-refractivity contribution is 5.95. The van der Waals surface area contributed by atoms with Crippen LogP contribution in [-0.4, -0.2) is 48.8 Å². The molecule has 0 spiro atoms. The van der Waals surface area contributed by atoms with E-state index in [0.29, 0.717) is 18.2 Å².